The van der Waals surface area contributed by atoms with Gasteiger partial charge in [-0.2, -0.15) is 13.2 Å². The van der Waals surface area contributed by atoms with E-state index in [2.05, 4.69) is 4.98 Å². The number of nitrogens with two attached hydrogens (primary N) is 1. The van der Waals surface area contributed by atoms with E-state index in [1.807, 2.05) is 27.7 Å². The molecule has 0 saturated carbocycles. The van der Waals surface area contributed by atoms with Gasteiger partial charge in [0.25, 0.3) is 0 Å². The van der Waals surface area contributed by atoms with Crippen LogP contribution in [0.5, 0.6) is 11.6 Å². The van der Waals surface area contributed by atoms with Crippen LogP contribution in [0.25, 0.3) is 0 Å². The number of anilines is 1. The molecule has 1 fully saturated rings. The Labute approximate surface area is 155 Å². The first kappa shape index (κ1) is 19.5. The van der Waals surface area contributed by atoms with Crippen LogP contribution >= 0.6 is 0 Å². The zero-order valence-corrected chi connectivity index (χ0v) is 15.4. The Hall–Kier alpha value is -2.26. The number of rotatable bonds is 3. The number of nitrogens with zero attached hydrogens (tertiary/aromatic N) is 1. The second-order valence-electron chi connectivity index (χ2n) is 7.38. The summed E-state index contributed by atoms with van der Waals surface area (Å²) in [6.45, 7) is 7.62. The third-order valence-electron chi connectivity index (χ3n) is 4.80. The fourth-order valence-electron chi connectivity index (χ4n) is 2.53. The van der Waals surface area contributed by atoms with Gasteiger partial charge in [-0.05, 0) is 58.0 Å². The maximum atomic E-state index is 12.7. The van der Waals surface area contributed by atoms with E-state index in [-0.39, 0.29) is 11.6 Å². The fourth-order valence-corrected chi connectivity index (χ4v) is 2.53. The van der Waals surface area contributed by atoms with Crippen LogP contribution in [0.1, 0.15) is 33.3 Å². The topological polar surface area (TPSA) is 66.6 Å². The van der Waals surface area contributed by atoms with Crippen molar-refractivity contribution in [1.82, 2.24) is 4.98 Å². The molecule has 5 nitrogen and oxygen atoms in total. The van der Waals surface area contributed by atoms with Crippen LogP contribution in [0.4, 0.5) is 18.9 Å². The zero-order valence-electron chi connectivity index (χ0n) is 15.4. The second kappa shape index (κ2) is 6.42. The maximum Gasteiger partial charge on any atom is 0.500 e. The van der Waals surface area contributed by atoms with Gasteiger partial charge in [-0.25, -0.2) is 4.98 Å². The lowest BCUT2D eigenvalue weighted by Crippen LogP contribution is -2.41. The number of aromatic nitrogens is 1. The summed E-state index contributed by atoms with van der Waals surface area (Å²) < 4.78 is 55.8. The van der Waals surface area contributed by atoms with E-state index in [0.717, 1.165) is 12.1 Å². The third kappa shape index (κ3) is 3.89. The van der Waals surface area contributed by atoms with Crippen LogP contribution in [-0.4, -0.2) is 23.3 Å². The summed E-state index contributed by atoms with van der Waals surface area (Å²) in [5.74, 6) is 0.362. The van der Waals surface area contributed by atoms with E-state index in [1.165, 1.54) is 18.3 Å². The molecular weight excluding hydrogens is 360 g/mol. The Kier molecular flexibility index (Phi) is 4.64. The number of hydrogen-bond donors (Lipinski definition) is 1. The molecule has 0 spiro atoms. The molecule has 3 rings (SSSR count). The Balaban J connectivity index is 1.89. The summed E-state index contributed by atoms with van der Waals surface area (Å²) in [6.07, 6.45) is -3.01. The Bertz CT molecular complexity index is 823. The Morgan fingerprint density at radius 1 is 1.04 bits per heavy atom. The number of halogens is 3. The predicted molar refractivity (Wildman–Crippen MR) is 95.9 cm³/mol. The largest absolute Gasteiger partial charge is 0.500 e. The lowest BCUT2D eigenvalue weighted by Gasteiger charge is -2.32. The smallest absolute Gasteiger partial charge is 0.439 e. The van der Waals surface area contributed by atoms with Gasteiger partial charge in [0.05, 0.1) is 23.0 Å². The molecule has 0 amide bonds. The molecule has 0 radical (unpaired) electrons. The Morgan fingerprint density at radius 2 is 1.59 bits per heavy atom. The SMILES string of the molecule is CC1(C)OB(c2cc(N)cnc2Oc2ccc(C(F)(F)F)cc2)OC1(C)C. The highest BCUT2D eigenvalue weighted by molar-refractivity contribution is 6.63. The van der Waals surface area contributed by atoms with Gasteiger partial charge < -0.3 is 19.8 Å². The predicted octanol–water partition coefficient (Wildman–Crippen LogP) is 3.77. The van der Waals surface area contributed by atoms with E-state index in [9.17, 15) is 13.2 Å². The summed E-state index contributed by atoms with van der Waals surface area (Å²) in [4.78, 5) is 4.16. The third-order valence-corrected chi connectivity index (χ3v) is 4.80. The summed E-state index contributed by atoms with van der Waals surface area (Å²) in [5.41, 5.74) is 4.78. The molecule has 2 N–H and O–H groups in total. The quantitative estimate of drug-likeness (QED) is 0.822. The van der Waals surface area contributed by atoms with Crippen LogP contribution in [0, 0.1) is 0 Å². The summed E-state index contributed by atoms with van der Waals surface area (Å²) >= 11 is 0. The first-order valence-electron chi connectivity index (χ1n) is 8.35. The van der Waals surface area contributed by atoms with Crippen LogP contribution < -0.4 is 15.9 Å². The van der Waals surface area contributed by atoms with Gasteiger partial charge in [-0.15, -0.1) is 0 Å². The standard InChI is InChI=1S/C18H20BF3N2O3/c1-16(2)17(3,4)27-19(26-16)14-9-12(23)10-24-15(14)25-13-7-5-11(6-8-13)18(20,21)22/h5-10H,23H2,1-4H3. The molecular formula is C18H20BF3N2O3. The number of nitrogen functional groups attached to an aromatic ring is 1. The molecule has 1 aliphatic heterocycles. The normalized spacial score (nSPS) is 18.6. The van der Waals surface area contributed by atoms with Crippen molar-refractivity contribution in [3.8, 4) is 11.6 Å². The van der Waals surface area contributed by atoms with Crippen molar-refractivity contribution in [2.24, 2.45) is 0 Å². The first-order valence-corrected chi connectivity index (χ1v) is 8.35. The number of pyridine rings is 1. The monoisotopic (exact) mass is 380 g/mol. The van der Waals surface area contributed by atoms with Crippen molar-refractivity contribution >= 4 is 18.3 Å². The van der Waals surface area contributed by atoms with Crippen molar-refractivity contribution in [2.75, 3.05) is 5.73 Å². The molecule has 1 aromatic heterocycles. The van der Waals surface area contributed by atoms with Gasteiger partial charge in [0.15, 0.2) is 0 Å². The highest BCUT2D eigenvalue weighted by Crippen LogP contribution is 2.37. The van der Waals surface area contributed by atoms with Crippen molar-refractivity contribution in [3.63, 3.8) is 0 Å². The van der Waals surface area contributed by atoms with E-state index in [1.54, 1.807) is 6.07 Å². The van der Waals surface area contributed by atoms with Crippen molar-refractivity contribution < 1.29 is 27.2 Å². The Morgan fingerprint density at radius 3 is 2.11 bits per heavy atom. The molecule has 9 heteroatoms. The average Bonchev–Trinajstić information content (AvgIpc) is 2.77. The van der Waals surface area contributed by atoms with Crippen molar-refractivity contribution in [2.45, 2.75) is 45.1 Å². The van der Waals surface area contributed by atoms with Crippen LogP contribution in [-0.2, 0) is 15.5 Å². The molecule has 2 aromatic rings. The van der Waals surface area contributed by atoms with Gasteiger partial charge in [-0.3, -0.25) is 0 Å². The van der Waals surface area contributed by atoms with Crippen LogP contribution in [0.2, 0.25) is 0 Å². The fraction of sp³-hybridized carbons (Fsp3) is 0.389. The van der Waals surface area contributed by atoms with Crippen molar-refractivity contribution in [1.29, 1.82) is 0 Å². The molecule has 27 heavy (non-hydrogen) atoms. The lowest BCUT2D eigenvalue weighted by atomic mass is 9.79. The van der Waals surface area contributed by atoms with Gasteiger partial charge >= 0.3 is 13.3 Å². The highest BCUT2D eigenvalue weighted by atomic mass is 19.4. The molecule has 2 heterocycles. The number of alkyl halides is 3. The highest BCUT2D eigenvalue weighted by Gasteiger charge is 2.52. The lowest BCUT2D eigenvalue weighted by molar-refractivity contribution is -0.137. The summed E-state index contributed by atoms with van der Waals surface area (Å²) in [6, 6.07) is 5.97. The van der Waals surface area contributed by atoms with Gasteiger partial charge in [0.1, 0.15) is 5.75 Å². The second-order valence-corrected chi connectivity index (χ2v) is 7.38. The minimum atomic E-state index is -4.41. The summed E-state index contributed by atoms with van der Waals surface area (Å²) in [7, 11) is -0.768. The zero-order chi connectivity index (χ0) is 20.0. The molecule has 1 aliphatic rings. The molecule has 0 unspecified atom stereocenters. The molecule has 0 atom stereocenters. The van der Waals surface area contributed by atoms with Gasteiger partial charge in [0.2, 0.25) is 5.88 Å². The molecule has 0 aliphatic carbocycles. The van der Waals surface area contributed by atoms with E-state index in [0.29, 0.717) is 11.2 Å². The minimum Gasteiger partial charge on any atom is -0.439 e. The number of hydrogen-bond acceptors (Lipinski definition) is 5. The first-order chi connectivity index (χ1) is 12.4. The molecule has 1 saturated heterocycles. The number of ether oxygens (including phenoxy) is 1. The van der Waals surface area contributed by atoms with Gasteiger partial charge in [-0.1, -0.05) is 0 Å². The molecule has 1 aromatic carbocycles. The number of benzene rings is 1. The minimum absolute atomic E-state index is 0.155. The van der Waals surface area contributed by atoms with E-state index < -0.39 is 30.1 Å². The van der Waals surface area contributed by atoms with E-state index >= 15 is 0 Å². The van der Waals surface area contributed by atoms with Gasteiger partial charge in [0, 0.05) is 11.2 Å². The molecule has 144 valence electrons. The van der Waals surface area contributed by atoms with Crippen LogP contribution in [0.15, 0.2) is 36.5 Å². The molecule has 0 bridgehead atoms. The van der Waals surface area contributed by atoms with E-state index in [4.69, 9.17) is 19.8 Å². The van der Waals surface area contributed by atoms with Crippen molar-refractivity contribution in [3.05, 3.63) is 42.1 Å². The average molecular weight is 380 g/mol. The summed E-state index contributed by atoms with van der Waals surface area (Å²) in [5, 5.41) is 0. The maximum absolute atomic E-state index is 12.7. The van der Waals surface area contributed by atoms with Crippen LogP contribution in [0.3, 0.4) is 0 Å².